The summed E-state index contributed by atoms with van der Waals surface area (Å²) in [6, 6.07) is 6.86. The van der Waals surface area contributed by atoms with E-state index in [0.717, 1.165) is 0 Å². The lowest BCUT2D eigenvalue weighted by molar-refractivity contribution is -0.127. The zero-order valence-electron chi connectivity index (χ0n) is 18.3. The van der Waals surface area contributed by atoms with E-state index in [1.54, 1.807) is 24.3 Å². The molecule has 0 aliphatic rings. The number of benzene rings is 1. The van der Waals surface area contributed by atoms with Gasteiger partial charge in [0.25, 0.3) is 5.91 Å². The summed E-state index contributed by atoms with van der Waals surface area (Å²) in [4.78, 5) is 23.4. The first-order valence-electron chi connectivity index (χ1n) is 10.1. The SMILES string of the molecule is CC.CNCCNC(=O)c1cccc(OCC(N)OCCOCC(=O)C(C)C)c1. The second-order valence-electron chi connectivity index (χ2n) is 6.28. The maximum Gasteiger partial charge on any atom is 0.251 e. The van der Waals surface area contributed by atoms with Crippen LogP contribution >= 0.6 is 0 Å². The Morgan fingerprint density at radius 3 is 2.52 bits per heavy atom. The Labute approximate surface area is 174 Å². The van der Waals surface area contributed by atoms with Crippen molar-refractivity contribution in [2.45, 2.75) is 33.9 Å². The molecule has 1 amide bonds. The minimum atomic E-state index is -0.637. The van der Waals surface area contributed by atoms with Gasteiger partial charge >= 0.3 is 0 Å². The summed E-state index contributed by atoms with van der Waals surface area (Å²) in [5.41, 5.74) is 6.35. The quantitative estimate of drug-likeness (QED) is 0.315. The van der Waals surface area contributed by atoms with Crippen molar-refractivity contribution in [1.82, 2.24) is 10.6 Å². The number of Topliss-reactive ketones (excluding diaryl/α,β-unsaturated/α-hetero) is 1. The average Bonchev–Trinajstić information content (AvgIpc) is 2.73. The van der Waals surface area contributed by atoms with Crippen LogP contribution in [0, 0.1) is 5.92 Å². The number of carbonyl (C=O) groups is 2. The van der Waals surface area contributed by atoms with Gasteiger partial charge < -0.3 is 30.6 Å². The molecule has 0 saturated heterocycles. The smallest absolute Gasteiger partial charge is 0.251 e. The first-order valence-corrected chi connectivity index (χ1v) is 10.1. The predicted octanol–water partition coefficient (Wildman–Crippen LogP) is 1.58. The van der Waals surface area contributed by atoms with Crippen LogP contribution in [0.1, 0.15) is 38.1 Å². The normalized spacial score (nSPS) is 11.4. The summed E-state index contributed by atoms with van der Waals surface area (Å²) < 4.78 is 16.2. The van der Waals surface area contributed by atoms with Crippen LogP contribution in [0.5, 0.6) is 5.75 Å². The molecule has 1 atom stereocenters. The molecule has 1 unspecified atom stereocenters. The maximum atomic E-state index is 12.0. The highest BCUT2D eigenvalue weighted by Gasteiger charge is 2.09. The highest BCUT2D eigenvalue weighted by Crippen LogP contribution is 2.13. The van der Waals surface area contributed by atoms with Crippen LogP contribution in [0.2, 0.25) is 0 Å². The van der Waals surface area contributed by atoms with Crippen LogP contribution < -0.4 is 21.1 Å². The Kier molecular flexibility index (Phi) is 15.7. The zero-order valence-corrected chi connectivity index (χ0v) is 18.3. The van der Waals surface area contributed by atoms with Gasteiger partial charge in [0.05, 0.1) is 13.2 Å². The molecule has 0 fully saturated rings. The van der Waals surface area contributed by atoms with Crippen LogP contribution in [-0.2, 0) is 14.3 Å². The fourth-order valence-corrected chi connectivity index (χ4v) is 1.95. The number of hydrogen-bond donors (Lipinski definition) is 3. The molecule has 0 aromatic heterocycles. The molecule has 166 valence electrons. The van der Waals surface area contributed by atoms with Gasteiger partial charge in [0.1, 0.15) is 25.2 Å². The van der Waals surface area contributed by atoms with Gasteiger partial charge in [-0.15, -0.1) is 0 Å². The average molecular weight is 412 g/mol. The number of amides is 1. The molecule has 1 aromatic carbocycles. The second kappa shape index (κ2) is 16.9. The first kappa shape index (κ1) is 27.0. The maximum absolute atomic E-state index is 12.0. The number of nitrogens with one attached hydrogen (secondary N) is 2. The van der Waals surface area contributed by atoms with Gasteiger partial charge in [-0.25, -0.2) is 0 Å². The monoisotopic (exact) mass is 411 g/mol. The lowest BCUT2D eigenvalue weighted by atomic mass is 10.1. The molecule has 0 aliphatic carbocycles. The largest absolute Gasteiger partial charge is 0.489 e. The molecule has 4 N–H and O–H groups in total. The van der Waals surface area contributed by atoms with Gasteiger partial charge in [-0.2, -0.15) is 0 Å². The fourth-order valence-electron chi connectivity index (χ4n) is 1.95. The minimum absolute atomic E-state index is 0.0391. The Hall–Kier alpha value is -2.00. The summed E-state index contributed by atoms with van der Waals surface area (Å²) in [5, 5.41) is 5.76. The molecule has 0 radical (unpaired) electrons. The van der Waals surface area contributed by atoms with E-state index in [1.165, 1.54) is 0 Å². The molecule has 0 aliphatic heterocycles. The molecular formula is C21H37N3O5. The highest BCUT2D eigenvalue weighted by molar-refractivity contribution is 5.94. The van der Waals surface area contributed by atoms with Crippen molar-refractivity contribution in [3.8, 4) is 5.75 Å². The molecule has 0 heterocycles. The molecule has 0 spiro atoms. The van der Waals surface area contributed by atoms with E-state index in [-0.39, 0.29) is 44.0 Å². The second-order valence-corrected chi connectivity index (χ2v) is 6.28. The van der Waals surface area contributed by atoms with E-state index in [1.807, 2.05) is 34.7 Å². The Bertz CT molecular complexity index is 581. The number of ketones is 1. The fraction of sp³-hybridized carbons (Fsp3) is 0.619. The third kappa shape index (κ3) is 13.0. The lowest BCUT2D eigenvalue weighted by Crippen LogP contribution is -2.32. The Morgan fingerprint density at radius 2 is 1.86 bits per heavy atom. The molecular weight excluding hydrogens is 374 g/mol. The van der Waals surface area contributed by atoms with Crippen molar-refractivity contribution in [3.63, 3.8) is 0 Å². The van der Waals surface area contributed by atoms with Crippen LogP contribution in [0.3, 0.4) is 0 Å². The summed E-state index contributed by atoms with van der Waals surface area (Å²) >= 11 is 0. The standard InChI is InChI=1S/C19H31N3O5.C2H6/c1-14(2)17(23)12-25-9-10-26-18(20)13-27-16-6-4-5-15(11-16)19(24)22-8-7-21-3;1-2/h4-6,11,14,18,21H,7-10,12-13,20H2,1-3H3,(H,22,24);1-2H3. The van der Waals surface area contributed by atoms with Gasteiger partial charge in [0.2, 0.25) is 0 Å². The summed E-state index contributed by atoms with van der Waals surface area (Å²) in [5.74, 6) is 0.388. The van der Waals surface area contributed by atoms with E-state index in [0.29, 0.717) is 24.4 Å². The van der Waals surface area contributed by atoms with Crippen molar-refractivity contribution in [2.75, 3.05) is 46.6 Å². The van der Waals surface area contributed by atoms with Gasteiger partial charge in [0, 0.05) is 24.6 Å². The minimum Gasteiger partial charge on any atom is -0.489 e. The molecule has 8 heteroatoms. The summed E-state index contributed by atoms with van der Waals surface area (Å²) in [7, 11) is 1.82. The van der Waals surface area contributed by atoms with E-state index in [9.17, 15) is 9.59 Å². The molecule has 0 saturated carbocycles. The van der Waals surface area contributed by atoms with Gasteiger partial charge in [-0.1, -0.05) is 33.8 Å². The first-order chi connectivity index (χ1) is 13.9. The third-order valence-electron chi connectivity index (χ3n) is 3.62. The van der Waals surface area contributed by atoms with E-state index in [4.69, 9.17) is 19.9 Å². The zero-order chi connectivity index (χ0) is 22.1. The van der Waals surface area contributed by atoms with Gasteiger partial charge in [-0.05, 0) is 25.2 Å². The van der Waals surface area contributed by atoms with Crippen molar-refractivity contribution >= 4 is 11.7 Å². The number of nitrogens with two attached hydrogens (primary N) is 1. The molecule has 8 nitrogen and oxygen atoms in total. The van der Waals surface area contributed by atoms with Crippen molar-refractivity contribution < 1.29 is 23.8 Å². The Morgan fingerprint density at radius 1 is 1.14 bits per heavy atom. The number of hydrogen-bond acceptors (Lipinski definition) is 7. The summed E-state index contributed by atoms with van der Waals surface area (Å²) in [6.07, 6.45) is -0.637. The van der Waals surface area contributed by atoms with Crippen molar-refractivity contribution in [2.24, 2.45) is 11.7 Å². The predicted molar refractivity (Wildman–Crippen MR) is 114 cm³/mol. The number of rotatable bonds is 14. The van der Waals surface area contributed by atoms with E-state index in [2.05, 4.69) is 10.6 Å². The van der Waals surface area contributed by atoms with Gasteiger partial charge in [0.15, 0.2) is 5.78 Å². The molecule has 0 bridgehead atoms. The van der Waals surface area contributed by atoms with Crippen LogP contribution in [0.15, 0.2) is 24.3 Å². The van der Waals surface area contributed by atoms with Crippen LogP contribution in [0.25, 0.3) is 0 Å². The number of likely N-dealkylation sites (N-methyl/N-ethyl adjacent to an activating group) is 1. The number of carbonyl (C=O) groups excluding carboxylic acids is 2. The topological polar surface area (TPSA) is 112 Å². The molecule has 1 aromatic rings. The third-order valence-corrected chi connectivity index (χ3v) is 3.62. The highest BCUT2D eigenvalue weighted by atomic mass is 16.6. The van der Waals surface area contributed by atoms with Crippen molar-refractivity contribution in [1.29, 1.82) is 0 Å². The van der Waals surface area contributed by atoms with E-state index < -0.39 is 6.23 Å². The van der Waals surface area contributed by atoms with Gasteiger partial charge in [-0.3, -0.25) is 9.59 Å². The van der Waals surface area contributed by atoms with E-state index >= 15 is 0 Å². The summed E-state index contributed by atoms with van der Waals surface area (Å²) in [6.45, 7) is 9.67. The van der Waals surface area contributed by atoms with Crippen molar-refractivity contribution in [3.05, 3.63) is 29.8 Å². The molecule has 1 rings (SSSR count). The van der Waals surface area contributed by atoms with Crippen LogP contribution in [-0.4, -0.2) is 64.5 Å². The Balaban J connectivity index is 0.00000379. The lowest BCUT2D eigenvalue weighted by Gasteiger charge is -2.15. The molecule has 29 heavy (non-hydrogen) atoms. The number of ether oxygens (including phenoxy) is 3. The van der Waals surface area contributed by atoms with Crippen LogP contribution in [0.4, 0.5) is 0 Å².